The van der Waals surface area contributed by atoms with Gasteiger partial charge >= 0.3 is 0 Å². The van der Waals surface area contributed by atoms with Gasteiger partial charge in [-0.2, -0.15) is 0 Å². The number of rotatable bonds is 7. The van der Waals surface area contributed by atoms with Gasteiger partial charge in [-0.3, -0.25) is 14.9 Å². The van der Waals surface area contributed by atoms with Gasteiger partial charge in [0.25, 0.3) is 5.69 Å². The number of carbonyl (C=O) groups is 1. The first kappa shape index (κ1) is 19.4. The van der Waals surface area contributed by atoms with Gasteiger partial charge < -0.3 is 14.3 Å². The lowest BCUT2D eigenvalue weighted by atomic mass is 9.88. The number of carbonyl (C=O) groups excluding carboxylic acids is 1. The zero-order valence-electron chi connectivity index (χ0n) is 16.4. The quantitative estimate of drug-likeness (QED) is 0.363. The maximum absolute atomic E-state index is 12.7. The van der Waals surface area contributed by atoms with E-state index in [0.717, 1.165) is 22.0 Å². The van der Waals surface area contributed by atoms with Crippen LogP contribution in [0.15, 0.2) is 77.5 Å². The van der Waals surface area contributed by atoms with Crippen molar-refractivity contribution in [2.45, 2.75) is 18.9 Å². The molecule has 2 aromatic carbocycles. The van der Waals surface area contributed by atoms with E-state index in [9.17, 15) is 14.9 Å². The minimum absolute atomic E-state index is 0.0256. The van der Waals surface area contributed by atoms with E-state index in [1.807, 2.05) is 42.1 Å². The molecular formula is C23H21N3O4. The molecule has 0 aliphatic carbocycles. The number of nitrogens with zero attached hydrogens (tertiary/aromatic N) is 2. The zero-order chi connectivity index (χ0) is 21.1. The average molecular weight is 403 g/mol. The molecule has 0 radical (unpaired) electrons. The maximum Gasteiger partial charge on any atom is 0.269 e. The van der Waals surface area contributed by atoms with Crippen LogP contribution in [0, 0.1) is 10.1 Å². The standard InChI is InChI=1S/C23H21N3O4/c1-25-15-21(19-6-2-3-7-22(19)25)20(16-8-10-17(11-9-16)26(28)29)13-23(27)24-14-18-5-4-12-30-18/h2-12,15,20H,13-14H2,1H3,(H,24,27)/t20-/m0/s1. The summed E-state index contributed by atoms with van der Waals surface area (Å²) in [5.74, 6) is 0.316. The summed E-state index contributed by atoms with van der Waals surface area (Å²) in [4.78, 5) is 23.4. The molecule has 0 saturated carbocycles. The topological polar surface area (TPSA) is 90.3 Å². The number of non-ortho nitro benzene ring substituents is 1. The largest absolute Gasteiger partial charge is 0.467 e. The second-order valence-corrected chi connectivity index (χ2v) is 7.17. The summed E-state index contributed by atoms with van der Waals surface area (Å²) in [6.45, 7) is 0.314. The molecule has 1 N–H and O–H groups in total. The Morgan fingerprint density at radius 3 is 2.60 bits per heavy atom. The monoisotopic (exact) mass is 403 g/mol. The number of aromatic nitrogens is 1. The third kappa shape index (κ3) is 3.96. The van der Waals surface area contributed by atoms with E-state index in [-0.39, 0.29) is 23.9 Å². The minimum Gasteiger partial charge on any atom is -0.467 e. The van der Waals surface area contributed by atoms with Crippen molar-refractivity contribution in [1.82, 2.24) is 9.88 Å². The van der Waals surface area contributed by atoms with E-state index in [1.54, 1.807) is 30.5 Å². The van der Waals surface area contributed by atoms with Crippen molar-refractivity contribution in [2.75, 3.05) is 0 Å². The molecule has 152 valence electrons. The molecule has 0 spiro atoms. The Labute approximate surface area is 173 Å². The smallest absolute Gasteiger partial charge is 0.269 e. The predicted octanol–water partition coefficient (Wildman–Crippen LogP) is 4.52. The SMILES string of the molecule is Cn1cc([C@@H](CC(=O)NCc2ccco2)c2ccc([N+](=O)[O-])cc2)c2ccccc21. The molecule has 30 heavy (non-hydrogen) atoms. The molecule has 0 bridgehead atoms. The van der Waals surface area contributed by atoms with Crippen molar-refractivity contribution >= 4 is 22.5 Å². The lowest BCUT2D eigenvalue weighted by Gasteiger charge is -2.17. The van der Waals surface area contributed by atoms with Crippen LogP contribution in [0.3, 0.4) is 0 Å². The second-order valence-electron chi connectivity index (χ2n) is 7.17. The van der Waals surface area contributed by atoms with Gasteiger partial charge in [-0.15, -0.1) is 0 Å². The Bertz CT molecular complexity index is 1180. The fourth-order valence-electron chi connectivity index (χ4n) is 3.74. The molecule has 4 aromatic rings. The van der Waals surface area contributed by atoms with Crippen LogP contribution in [0.25, 0.3) is 10.9 Å². The molecule has 7 nitrogen and oxygen atoms in total. The van der Waals surface area contributed by atoms with Crippen molar-refractivity contribution in [3.63, 3.8) is 0 Å². The van der Waals surface area contributed by atoms with Gasteiger partial charge in [0.05, 0.1) is 17.7 Å². The summed E-state index contributed by atoms with van der Waals surface area (Å²) in [6, 6.07) is 18.0. The minimum atomic E-state index is -0.424. The highest BCUT2D eigenvalue weighted by Gasteiger charge is 2.23. The fourth-order valence-corrected chi connectivity index (χ4v) is 3.74. The normalized spacial score (nSPS) is 12.0. The Morgan fingerprint density at radius 1 is 1.13 bits per heavy atom. The molecule has 0 aliphatic rings. The van der Waals surface area contributed by atoms with Crippen LogP contribution >= 0.6 is 0 Å². The zero-order valence-corrected chi connectivity index (χ0v) is 16.4. The van der Waals surface area contributed by atoms with Gasteiger partial charge in [-0.25, -0.2) is 0 Å². The number of nitrogens with one attached hydrogen (secondary N) is 1. The molecule has 1 atom stereocenters. The van der Waals surface area contributed by atoms with Crippen molar-refractivity contribution < 1.29 is 14.1 Å². The summed E-state index contributed by atoms with van der Waals surface area (Å²) in [7, 11) is 1.97. The number of nitro benzene ring substituents is 1. The highest BCUT2D eigenvalue weighted by atomic mass is 16.6. The van der Waals surface area contributed by atoms with Crippen LogP contribution in [0.4, 0.5) is 5.69 Å². The highest BCUT2D eigenvalue weighted by molar-refractivity contribution is 5.86. The number of nitro groups is 1. The van der Waals surface area contributed by atoms with E-state index in [0.29, 0.717) is 12.3 Å². The summed E-state index contributed by atoms with van der Waals surface area (Å²) < 4.78 is 7.30. The molecule has 0 unspecified atom stereocenters. The number of fused-ring (bicyclic) bond motifs is 1. The van der Waals surface area contributed by atoms with Crippen molar-refractivity contribution in [3.8, 4) is 0 Å². The number of hydrogen-bond acceptors (Lipinski definition) is 4. The maximum atomic E-state index is 12.7. The Hall–Kier alpha value is -3.87. The lowest BCUT2D eigenvalue weighted by molar-refractivity contribution is -0.384. The first-order valence-electron chi connectivity index (χ1n) is 9.60. The lowest BCUT2D eigenvalue weighted by Crippen LogP contribution is -2.24. The Kier molecular flexibility index (Phi) is 5.34. The molecule has 0 saturated heterocycles. The van der Waals surface area contributed by atoms with E-state index in [1.165, 1.54) is 12.1 Å². The van der Waals surface area contributed by atoms with Crippen molar-refractivity contribution in [3.05, 3.63) is 100 Å². The summed E-state index contributed by atoms with van der Waals surface area (Å²) in [5, 5.41) is 15.0. The molecule has 1 amide bonds. The predicted molar refractivity (Wildman–Crippen MR) is 113 cm³/mol. The number of benzene rings is 2. The van der Waals surface area contributed by atoms with Gasteiger partial charge in [0.1, 0.15) is 5.76 Å². The van der Waals surface area contributed by atoms with E-state index in [4.69, 9.17) is 4.42 Å². The van der Waals surface area contributed by atoms with Gasteiger partial charge in [-0.05, 0) is 29.3 Å². The molecule has 4 rings (SSSR count). The number of amides is 1. The summed E-state index contributed by atoms with van der Waals surface area (Å²) >= 11 is 0. The van der Waals surface area contributed by atoms with Gasteiger partial charge in [0.2, 0.25) is 5.91 Å². The van der Waals surface area contributed by atoms with Crippen LogP contribution in [0.2, 0.25) is 0 Å². The Balaban J connectivity index is 1.67. The van der Waals surface area contributed by atoms with E-state index < -0.39 is 4.92 Å². The number of furan rings is 1. The first-order valence-corrected chi connectivity index (χ1v) is 9.60. The summed E-state index contributed by atoms with van der Waals surface area (Å²) in [6.07, 6.45) is 3.81. The van der Waals surface area contributed by atoms with E-state index >= 15 is 0 Å². The van der Waals surface area contributed by atoms with Gasteiger partial charge in [0, 0.05) is 48.6 Å². The molecule has 2 heterocycles. The van der Waals surface area contributed by atoms with Crippen molar-refractivity contribution in [1.29, 1.82) is 0 Å². The molecule has 0 aliphatic heterocycles. The molecule has 2 aromatic heterocycles. The molecule has 7 heteroatoms. The van der Waals surface area contributed by atoms with Crippen LogP contribution in [-0.2, 0) is 18.4 Å². The fraction of sp³-hybridized carbons (Fsp3) is 0.174. The first-order chi connectivity index (χ1) is 14.5. The van der Waals surface area contributed by atoms with Crippen molar-refractivity contribution in [2.24, 2.45) is 7.05 Å². The second kappa shape index (κ2) is 8.24. The van der Waals surface area contributed by atoms with Crippen LogP contribution in [0.1, 0.15) is 29.2 Å². The number of aryl methyl sites for hydroxylation is 1. The average Bonchev–Trinajstić information content (AvgIpc) is 3.39. The van der Waals surface area contributed by atoms with Gasteiger partial charge in [-0.1, -0.05) is 30.3 Å². The van der Waals surface area contributed by atoms with Crippen LogP contribution in [-0.4, -0.2) is 15.4 Å². The third-order valence-electron chi connectivity index (χ3n) is 5.24. The molecule has 0 fully saturated rings. The molecular weight excluding hydrogens is 382 g/mol. The van der Waals surface area contributed by atoms with Crippen LogP contribution < -0.4 is 5.32 Å². The number of para-hydroxylation sites is 1. The third-order valence-corrected chi connectivity index (χ3v) is 5.24. The summed E-state index contributed by atoms with van der Waals surface area (Å²) in [5.41, 5.74) is 2.95. The number of hydrogen-bond donors (Lipinski definition) is 1. The van der Waals surface area contributed by atoms with Crippen LogP contribution in [0.5, 0.6) is 0 Å². The van der Waals surface area contributed by atoms with Gasteiger partial charge in [0.15, 0.2) is 0 Å². The highest BCUT2D eigenvalue weighted by Crippen LogP contribution is 2.35. The van der Waals surface area contributed by atoms with E-state index in [2.05, 4.69) is 5.32 Å². The Morgan fingerprint density at radius 2 is 1.90 bits per heavy atom.